The number of aliphatic hydroxyl groups is 3. The van der Waals surface area contributed by atoms with Gasteiger partial charge in [0.05, 0.1) is 61.3 Å². The van der Waals surface area contributed by atoms with E-state index < -0.39 is 49.2 Å². The summed E-state index contributed by atoms with van der Waals surface area (Å²) in [5.41, 5.74) is 5.95. The molecule has 2 amide bonds. The van der Waals surface area contributed by atoms with E-state index in [0.717, 1.165) is 16.0 Å². The van der Waals surface area contributed by atoms with E-state index in [2.05, 4.69) is 0 Å². The number of carboxylic acid groups (broad SMARTS) is 1. The summed E-state index contributed by atoms with van der Waals surface area (Å²) in [6, 6.07) is 22.2. The second kappa shape index (κ2) is 13.0. The van der Waals surface area contributed by atoms with Gasteiger partial charge in [-0.1, -0.05) is 60.7 Å². The number of benzene rings is 3. The SMILES string of the molecule is NC(CO)(CO)CO.O=C(O)c1ccc2c(c1)C(=O)N([C@H](COCc1ccccc1)c1ccccc1)C2=O. The fraction of sp³-hybridized carbons (Fsp3) is 0.250. The summed E-state index contributed by atoms with van der Waals surface area (Å²) in [6.45, 7) is -0.743. The van der Waals surface area contributed by atoms with Crippen LogP contribution in [0.25, 0.3) is 0 Å². The van der Waals surface area contributed by atoms with Gasteiger partial charge in [0.2, 0.25) is 0 Å². The van der Waals surface area contributed by atoms with Gasteiger partial charge in [-0.25, -0.2) is 4.79 Å². The van der Waals surface area contributed by atoms with E-state index in [1.807, 2.05) is 60.7 Å². The molecule has 200 valence electrons. The van der Waals surface area contributed by atoms with Crippen molar-refractivity contribution >= 4 is 17.8 Å². The van der Waals surface area contributed by atoms with Crippen LogP contribution >= 0.6 is 0 Å². The molecule has 3 aromatic carbocycles. The first-order valence-corrected chi connectivity index (χ1v) is 11.8. The van der Waals surface area contributed by atoms with Crippen LogP contribution in [0.5, 0.6) is 0 Å². The van der Waals surface area contributed by atoms with E-state index in [4.69, 9.17) is 25.8 Å². The number of aliphatic hydroxyl groups excluding tert-OH is 3. The van der Waals surface area contributed by atoms with Crippen molar-refractivity contribution in [3.63, 3.8) is 0 Å². The van der Waals surface area contributed by atoms with Crippen molar-refractivity contribution in [2.24, 2.45) is 5.73 Å². The lowest BCUT2D eigenvalue weighted by Gasteiger charge is -2.26. The number of carboxylic acids is 1. The third kappa shape index (κ3) is 6.68. The van der Waals surface area contributed by atoms with Gasteiger partial charge in [0.15, 0.2) is 0 Å². The van der Waals surface area contributed by atoms with Crippen molar-refractivity contribution in [1.82, 2.24) is 4.90 Å². The topological polar surface area (TPSA) is 171 Å². The molecule has 1 aliphatic heterocycles. The van der Waals surface area contributed by atoms with Crippen molar-refractivity contribution in [2.45, 2.75) is 18.2 Å². The molecule has 0 fully saturated rings. The number of carbonyl (C=O) groups is 3. The molecule has 0 bridgehead atoms. The van der Waals surface area contributed by atoms with Crippen molar-refractivity contribution < 1.29 is 39.5 Å². The molecule has 0 unspecified atom stereocenters. The molecular weight excluding hydrogens is 492 g/mol. The number of carbonyl (C=O) groups excluding carboxylic acids is 2. The molecule has 10 nitrogen and oxygen atoms in total. The minimum Gasteiger partial charge on any atom is -0.478 e. The number of amides is 2. The van der Waals surface area contributed by atoms with Crippen LogP contribution in [0.4, 0.5) is 0 Å². The number of ether oxygens (including phenoxy) is 1. The fourth-order valence-electron chi connectivity index (χ4n) is 3.68. The van der Waals surface area contributed by atoms with E-state index in [0.29, 0.717) is 6.61 Å². The van der Waals surface area contributed by atoms with E-state index in [-0.39, 0.29) is 23.3 Å². The molecule has 4 rings (SSSR count). The highest BCUT2D eigenvalue weighted by atomic mass is 16.5. The second-order valence-electron chi connectivity index (χ2n) is 8.81. The highest BCUT2D eigenvalue weighted by Gasteiger charge is 2.41. The first-order valence-electron chi connectivity index (χ1n) is 11.8. The lowest BCUT2D eigenvalue weighted by Crippen LogP contribution is -2.50. The lowest BCUT2D eigenvalue weighted by molar-refractivity contribution is 0.0359. The van der Waals surface area contributed by atoms with Gasteiger partial charge in [-0.05, 0) is 29.3 Å². The quantitative estimate of drug-likeness (QED) is 0.248. The first kappa shape index (κ1) is 28.6. The Morgan fingerprint density at radius 2 is 1.39 bits per heavy atom. The summed E-state index contributed by atoms with van der Waals surface area (Å²) in [7, 11) is 0. The summed E-state index contributed by atoms with van der Waals surface area (Å²) in [4.78, 5) is 38.6. The van der Waals surface area contributed by atoms with Gasteiger partial charge in [-0.3, -0.25) is 14.5 Å². The highest BCUT2D eigenvalue weighted by molar-refractivity contribution is 6.22. The monoisotopic (exact) mass is 522 g/mol. The maximum absolute atomic E-state index is 13.1. The molecule has 0 saturated heterocycles. The average Bonchev–Trinajstić information content (AvgIpc) is 3.21. The van der Waals surface area contributed by atoms with Crippen LogP contribution < -0.4 is 5.73 Å². The van der Waals surface area contributed by atoms with Crippen LogP contribution in [0.2, 0.25) is 0 Å². The van der Waals surface area contributed by atoms with Gasteiger partial charge >= 0.3 is 5.97 Å². The maximum Gasteiger partial charge on any atom is 0.335 e. The second-order valence-corrected chi connectivity index (χ2v) is 8.81. The third-order valence-electron chi connectivity index (χ3n) is 5.99. The Morgan fingerprint density at radius 1 is 0.842 bits per heavy atom. The third-order valence-corrected chi connectivity index (χ3v) is 5.99. The Kier molecular flexibility index (Phi) is 9.83. The maximum atomic E-state index is 13.1. The van der Waals surface area contributed by atoms with Gasteiger partial charge in [0.25, 0.3) is 11.8 Å². The smallest absolute Gasteiger partial charge is 0.335 e. The van der Waals surface area contributed by atoms with Crippen LogP contribution in [-0.4, -0.2) is 75.1 Å². The summed E-state index contributed by atoms with van der Waals surface area (Å²) in [6.07, 6.45) is 0. The number of rotatable bonds is 10. The predicted molar refractivity (Wildman–Crippen MR) is 137 cm³/mol. The van der Waals surface area contributed by atoms with Crippen LogP contribution in [0, 0.1) is 0 Å². The highest BCUT2D eigenvalue weighted by Crippen LogP contribution is 2.32. The molecule has 38 heavy (non-hydrogen) atoms. The number of hydrogen-bond donors (Lipinski definition) is 5. The van der Waals surface area contributed by atoms with Crippen molar-refractivity contribution in [3.8, 4) is 0 Å². The molecule has 0 aromatic heterocycles. The molecule has 0 aliphatic carbocycles. The molecular formula is C28H30N2O8. The molecule has 0 spiro atoms. The summed E-state index contributed by atoms with van der Waals surface area (Å²) < 4.78 is 5.87. The van der Waals surface area contributed by atoms with Gasteiger partial charge in [-0.2, -0.15) is 0 Å². The molecule has 0 radical (unpaired) electrons. The molecule has 1 heterocycles. The molecule has 1 atom stereocenters. The number of imide groups is 1. The molecule has 6 N–H and O–H groups in total. The van der Waals surface area contributed by atoms with Crippen molar-refractivity contribution in [3.05, 3.63) is 107 Å². The van der Waals surface area contributed by atoms with Crippen LogP contribution in [0.15, 0.2) is 78.9 Å². The summed E-state index contributed by atoms with van der Waals surface area (Å²) in [5.74, 6) is -2.12. The summed E-state index contributed by atoms with van der Waals surface area (Å²) in [5, 5.41) is 34.2. The van der Waals surface area contributed by atoms with E-state index in [9.17, 15) is 19.5 Å². The van der Waals surface area contributed by atoms with Crippen molar-refractivity contribution in [1.29, 1.82) is 0 Å². The zero-order valence-corrected chi connectivity index (χ0v) is 20.6. The largest absolute Gasteiger partial charge is 0.478 e. The minimum atomic E-state index is -1.21. The molecule has 3 aromatic rings. The van der Waals surface area contributed by atoms with E-state index in [1.54, 1.807) is 0 Å². The average molecular weight is 523 g/mol. The van der Waals surface area contributed by atoms with E-state index in [1.165, 1.54) is 18.2 Å². The Bertz CT molecular complexity index is 1240. The first-order chi connectivity index (χ1) is 18.2. The number of nitrogens with zero attached hydrogens (tertiary/aromatic N) is 1. The minimum absolute atomic E-state index is 0.0339. The number of nitrogens with two attached hydrogens (primary N) is 1. The predicted octanol–water partition coefficient (Wildman–Crippen LogP) is 1.60. The van der Waals surface area contributed by atoms with Gasteiger partial charge in [0.1, 0.15) is 0 Å². The van der Waals surface area contributed by atoms with Crippen LogP contribution in [0.3, 0.4) is 0 Å². The zero-order valence-electron chi connectivity index (χ0n) is 20.6. The number of fused-ring (bicyclic) bond motifs is 1. The number of hydrogen-bond acceptors (Lipinski definition) is 8. The Labute approximate surface area is 219 Å². The molecule has 0 saturated carbocycles. The fourth-order valence-corrected chi connectivity index (χ4v) is 3.68. The summed E-state index contributed by atoms with van der Waals surface area (Å²) >= 11 is 0. The van der Waals surface area contributed by atoms with Gasteiger partial charge < -0.3 is 30.9 Å². The Hall–Kier alpha value is -3.93. The number of aromatic carboxylic acids is 1. The zero-order chi connectivity index (χ0) is 27.7. The van der Waals surface area contributed by atoms with Crippen LogP contribution in [0.1, 0.15) is 48.2 Å². The van der Waals surface area contributed by atoms with Crippen molar-refractivity contribution in [2.75, 3.05) is 26.4 Å². The van der Waals surface area contributed by atoms with E-state index >= 15 is 0 Å². The van der Waals surface area contributed by atoms with Crippen LogP contribution in [-0.2, 0) is 11.3 Å². The lowest BCUT2D eigenvalue weighted by atomic mass is 10.1. The normalized spacial score (nSPS) is 13.5. The molecule has 10 heteroatoms. The molecule has 1 aliphatic rings. The van der Waals surface area contributed by atoms with Gasteiger partial charge in [-0.15, -0.1) is 0 Å². The Morgan fingerprint density at radius 3 is 1.92 bits per heavy atom. The Balaban J connectivity index is 0.000000436. The van der Waals surface area contributed by atoms with Gasteiger partial charge in [0, 0.05) is 0 Å². The standard InChI is InChI=1S/C24H19NO5.C4H11NO3/c26-22-19-12-11-18(24(28)29)13-20(19)23(27)25(22)21(17-9-5-2-6-10-17)15-30-14-16-7-3-1-4-8-16;5-4(1-6,2-7)3-8/h1-13,21H,14-15H2,(H,28,29);6-8H,1-3,5H2/t21-;/m1./s1.